The average Bonchev–Trinajstić information content (AvgIpc) is 3.15. The van der Waals surface area contributed by atoms with E-state index >= 15 is 0 Å². The van der Waals surface area contributed by atoms with Gasteiger partial charge in [-0.05, 0) is 18.2 Å². The Morgan fingerprint density at radius 1 is 1.33 bits per heavy atom. The smallest absolute Gasteiger partial charge is 0.339 e. The van der Waals surface area contributed by atoms with Crippen LogP contribution in [0.15, 0.2) is 53.1 Å². The number of halogens is 1. The Hall–Kier alpha value is -3.39. The van der Waals surface area contributed by atoms with Crippen LogP contribution < -0.4 is 5.32 Å². The number of oxazole rings is 1. The van der Waals surface area contributed by atoms with Crippen LogP contribution in [-0.2, 0) is 11.3 Å². The summed E-state index contributed by atoms with van der Waals surface area (Å²) in [5, 5.41) is 14.3. The lowest BCUT2D eigenvalue weighted by Crippen LogP contribution is -2.07. The number of methoxy groups -OCH3 is 1. The highest BCUT2D eigenvalue weighted by Gasteiger charge is 2.22. The molecule has 3 rings (SSSR count). The Bertz CT molecular complexity index is 988. The quantitative estimate of drug-likeness (QED) is 0.381. The molecule has 0 radical (unpaired) electrons. The van der Waals surface area contributed by atoms with Gasteiger partial charge in [0, 0.05) is 11.6 Å². The molecule has 0 aliphatic carbocycles. The summed E-state index contributed by atoms with van der Waals surface area (Å²) in [6, 6.07) is 11.7. The molecule has 2 aromatic carbocycles. The number of carbonyl (C=O) groups excluding carboxylic acids is 1. The number of hydrogen-bond acceptors (Lipinski definition) is 7. The molecule has 1 N–H and O–H groups in total. The molecule has 27 heavy (non-hydrogen) atoms. The van der Waals surface area contributed by atoms with Crippen molar-refractivity contribution in [2.24, 2.45) is 0 Å². The first kappa shape index (κ1) is 18.4. The summed E-state index contributed by atoms with van der Waals surface area (Å²) in [6.45, 7) is 0.172. The van der Waals surface area contributed by atoms with Crippen molar-refractivity contribution in [3.05, 3.63) is 75.1 Å². The van der Waals surface area contributed by atoms with Crippen molar-refractivity contribution in [1.29, 1.82) is 0 Å². The molecule has 8 nitrogen and oxygen atoms in total. The Morgan fingerprint density at radius 3 is 2.74 bits per heavy atom. The molecule has 0 aliphatic heterocycles. The van der Waals surface area contributed by atoms with Crippen LogP contribution in [0.25, 0.3) is 11.5 Å². The number of nitro benzene ring substituents is 1. The second kappa shape index (κ2) is 7.88. The van der Waals surface area contributed by atoms with Gasteiger partial charge in [0.2, 0.25) is 5.89 Å². The van der Waals surface area contributed by atoms with Gasteiger partial charge in [0.15, 0.2) is 0 Å². The zero-order chi connectivity index (χ0) is 19.4. The third-order valence-electron chi connectivity index (χ3n) is 3.72. The fraction of sp³-hybridized carbons (Fsp3) is 0.111. The molecule has 138 valence electrons. The number of ether oxygens (including phenoxy) is 1. The predicted molar refractivity (Wildman–Crippen MR) is 98.7 cm³/mol. The molecule has 0 aliphatic rings. The largest absolute Gasteiger partial charge is 0.465 e. The van der Waals surface area contributed by atoms with Gasteiger partial charge < -0.3 is 14.5 Å². The molecule has 0 bridgehead atoms. The van der Waals surface area contributed by atoms with Crippen molar-refractivity contribution in [3.8, 4) is 11.5 Å². The second-order valence-corrected chi connectivity index (χ2v) is 5.87. The molecule has 9 heteroatoms. The number of nitro groups is 1. The highest BCUT2D eigenvalue weighted by Crippen LogP contribution is 2.32. The van der Waals surface area contributed by atoms with Gasteiger partial charge in [-0.1, -0.05) is 29.8 Å². The molecule has 0 atom stereocenters. The normalized spacial score (nSPS) is 10.4. The second-order valence-electron chi connectivity index (χ2n) is 5.46. The summed E-state index contributed by atoms with van der Waals surface area (Å²) in [5.41, 5.74) is 1.15. The van der Waals surface area contributed by atoms with E-state index in [1.54, 1.807) is 0 Å². The first-order valence-electron chi connectivity index (χ1n) is 7.79. The highest BCUT2D eigenvalue weighted by molar-refractivity contribution is 6.34. The average molecular weight is 388 g/mol. The molecule has 0 fully saturated rings. The number of anilines is 1. The first-order chi connectivity index (χ1) is 13.0. The van der Waals surface area contributed by atoms with Crippen molar-refractivity contribution in [2.45, 2.75) is 6.54 Å². The van der Waals surface area contributed by atoms with Crippen LogP contribution in [0.5, 0.6) is 0 Å². The number of carbonyl (C=O) groups is 1. The third-order valence-corrected chi connectivity index (χ3v) is 4.03. The first-order valence-corrected chi connectivity index (χ1v) is 8.17. The zero-order valence-electron chi connectivity index (χ0n) is 14.1. The van der Waals surface area contributed by atoms with Gasteiger partial charge in [0.25, 0.3) is 5.69 Å². The van der Waals surface area contributed by atoms with Gasteiger partial charge in [-0.2, -0.15) is 0 Å². The Kier molecular flexibility index (Phi) is 5.37. The summed E-state index contributed by atoms with van der Waals surface area (Å²) in [6.07, 6.45) is 1.46. The lowest BCUT2D eigenvalue weighted by atomic mass is 10.1. The summed E-state index contributed by atoms with van der Waals surface area (Å²) in [4.78, 5) is 26.7. The van der Waals surface area contributed by atoms with E-state index in [-0.39, 0.29) is 28.5 Å². The van der Waals surface area contributed by atoms with Crippen molar-refractivity contribution < 1.29 is 18.9 Å². The van der Waals surface area contributed by atoms with Crippen LogP contribution in [0, 0.1) is 10.1 Å². The maximum atomic E-state index is 11.7. The van der Waals surface area contributed by atoms with Gasteiger partial charge >= 0.3 is 5.97 Å². The maximum absolute atomic E-state index is 11.7. The van der Waals surface area contributed by atoms with E-state index in [9.17, 15) is 14.9 Å². The predicted octanol–water partition coefficient (Wildman–Crippen LogP) is 4.30. The number of nitrogens with one attached hydrogen (secondary N) is 1. The lowest BCUT2D eigenvalue weighted by Gasteiger charge is -2.08. The standard InChI is InChI=1S/C18H14ClN3O5/c1-26-18(23)13-7-16(22(24)25)15(8-14(13)19)20-9-12-10-27-17(21-12)11-5-3-2-4-6-11/h2-8,10,20H,9H2,1H3. The number of nitrogens with zero attached hydrogens (tertiary/aromatic N) is 2. The minimum atomic E-state index is -0.751. The summed E-state index contributed by atoms with van der Waals surface area (Å²) in [5.74, 6) is -0.306. The third kappa shape index (κ3) is 4.06. The van der Waals surface area contributed by atoms with Crippen molar-refractivity contribution in [3.63, 3.8) is 0 Å². The van der Waals surface area contributed by atoms with Crippen LogP contribution >= 0.6 is 11.6 Å². The monoisotopic (exact) mass is 387 g/mol. The number of rotatable bonds is 6. The van der Waals surface area contributed by atoms with Crippen LogP contribution in [0.1, 0.15) is 16.1 Å². The van der Waals surface area contributed by atoms with Gasteiger partial charge in [-0.3, -0.25) is 10.1 Å². The van der Waals surface area contributed by atoms with Crippen LogP contribution in [-0.4, -0.2) is 23.0 Å². The molecule has 1 aromatic heterocycles. The molecular formula is C18H14ClN3O5. The minimum absolute atomic E-state index is 0.0417. The van der Waals surface area contributed by atoms with E-state index in [4.69, 9.17) is 16.0 Å². The van der Waals surface area contributed by atoms with E-state index < -0.39 is 10.9 Å². The molecule has 1 heterocycles. The fourth-order valence-corrected chi connectivity index (χ4v) is 2.65. The number of esters is 1. The van der Waals surface area contributed by atoms with Crippen molar-refractivity contribution >= 4 is 28.9 Å². The highest BCUT2D eigenvalue weighted by atomic mass is 35.5. The molecule has 0 unspecified atom stereocenters. The number of benzene rings is 2. The number of aromatic nitrogens is 1. The molecule has 0 saturated heterocycles. The van der Waals surface area contributed by atoms with Gasteiger partial charge in [0.05, 0.1) is 34.9 Å². The minimum Gasteiger partial charge on any atom is -0.465 e. The van der Waals surface area contributed by atoms with Crippen LogP contribution in [0.2, 0.25) is 5.02 Å². The van der Waals surface area contributed by atoms with Gasteiger partial charge in [-0.25, -0.2) is 9.78 Å². The topological polar surface area (TPSA) is 108 Å². The summed E-state index contributed by atoms with van der Waals surface area (Å²) < 4.78 is 10.0. The van der Waals surface area contributed by atoms with Gasteiger partial charge in [-0.15, -0.1) is 0 Å². The fourth-order valence-electron chi connectivity index (χ4n) is 2.41. The van der Waals surface area contributed by atoms with E-state index in [0.717, 1.165) is 11.6 Å². The van der Waals surface area contributed by atoms with Crippen LogP contribution in [0.3, 0.4) is 0 Å². The molecular weight excluding hydrogens is 374 g/mol. The Balaban J connectivity index is 1.82. The van der Waals surface area contributed by atoms with Crippen LogP contribution in [0.4, 0.5) is 11.4 Å². The number of hydrogen-bond donors (Lipinski definition) is 1. The van der Waals surface area contributed by atoms with Crippen molar-refractivity contribution in [2.75, 3.05) is 12.4 Å². The summed E-state index contributed by atoms with van der Waals surface area (Å²) >= 11 is 6.05. The Labute approximate surface area is 158 Å². The molecule has 0 amide bonds. The molecule has 3 aromatic rings. The molecule has 0 spiro atoms. The SMILES string of the molecule is COC(=O)c1cc([N+](=O)[O-])c(NCc2coc(-c3ccccc3)n2)cc1Cl. The van der Waals surface area contributed by atoms with E-state index in [1.165, 1.54) is 19.4 Å². The zero-order valence-corrected chi connectivity index (χ0v) is 14.9. The van der Waals surface area contributed by atoms with E-state index in [0.29, 0.717) is 11.6 Å². The van der Waals surface area contributed by atoms with Gasteiger partial charge in [0.1, 0.15) is 12.0 Å². The van der Waals surface area contributed by atoms with E-state index in [2.05, 4.69) is 15.0 Å². The lowest BCUT2D eigenvalue weighted by molar-refractivity contribution is -0.384. The Morgan fingerprint density at radius 2 is 2.07 bits per heavy atom. The van der Waals surface area contributed by atoms with Crippen molar-refractivity contribution in [1.82, 2.24) is 4.98 Å². The molecule has 0 saturated carbocycles. The maximum Gasteiger partial charge on any atom is 0.339 e. The summed E-state index contributed by atoms with van der Waals surface area (Å²) in [7, 11) is 1.17. The van der Waals surface area contributed by atoms with E-state index in [1.807, 2.05) is 30.3 Å².